The van der Waals surface area contributed by atoms with Crippen LogP contribution in [0.3, 0.4) is 0 Å². The number of hydrogen-bond acceptors (Lipinski definition) is 7. The summed E-state index contributed by atoms with van der Waals surface area (Å²) < 4.78 is 5.12. The molecular weight excluding hydrogens is 576 g/mol. The molecule has 1 aromatic rings. The topological polar surface area (TPSA) is 157 Å². The average molecular weight is 629 g/mol. The molecule has 4 rings (SSSR count). The Bertz CT molecular complexity index is 1100. The number of nitrogens with zero attached hydrogens (tertiary/aromatic N) is 1. The number of hydrogen-bond donors (Lipinski definition) is 5. The number of carbonyl (C=O) groups excluding carboxylic acids is 4. The summed E-state index contributed by atoms with van der Waals surface area (Å²) in [5.74, 6) is -0.676. The Balaban J connectivity index is 1.29. The lowest BCUT2D eigenvalue weighted by molar-refractivity contribution is -0.149. The number of urea groups is 1. The molecule has 11 heteroatoms. The smallest absolute Gasteiger partial charge is 0.318 e. The van der Waals surface area contributed by atoms with E-state index in [1.54, 1.807) is 11.8 Å². The molecule has 1 aliphatic heterocycles. The Morgan fingerprint density at radius 1 is 0.933 bits per heavy atom. The van der Waals surface area contributed by atoms with Crippen molar-refractivity contribution in [3.8, 4) is 0 Å². The standard InChI is InChI=1S/C34H52N4O7/c1-2-45-33(43)26-16-19-38(20-17-26)34(44)37-28(22-24-11-7-4-8-12-24)32(42)35-18-15-29(39)36-27(21-23-9-5-3-6-10-23)31(41)30(40)25-13-14-25/h4,7-8,11-12,23,25-28,30-31,40-41H,2-3,5-6,9-10,13-22H2,1H3,(H,35,42)(H,36,39)(H,37,44)/t27-,28-,30-,31+/m0/s1. The highest BCUT2D eigenvalue weighted by atomic mass is 16.5. The summed E-state index contributed by atoms with van der Waals surface area (Å²) in [6.45, 7) is 2.93. The van der Waals surface area contributed by atoms with Gasteiger partial charge in [-0.15, -0.1) is 0 Å². The van der Waals surface area contributed by atoms with Crippen LogP contribution in [0.1, 0.15) is 83.1 Å². The highest BCUT2D eigenvalue weighted by Gasteiger charge is 2.39. The second-order valence-corrected chi connectivity index (χ2v) is 13.0. The number of aliphatic hydroxyl groups is 2. The molecule has 0 bridgehead atoms. The number of rotatable bonds is 15. The molecule has 2 saturated carbocycles. The van der Waals surface area contributed by atoms with Gasteiger partial charge < -0.3 is 35.8 Å². The Hall–Kier alpha value is -3.18. The van der Waals surface area contributed by atoms with E-state index < -0.39 is 30.2 Å². The van der Waals surface area contributed by atoms with Crippen molar-refractivity contribution in [2.24, 2.45) is 17.8 Å². The number of nitrogens with one attached hydrogen (secondary N) is 3. The monoisotopic (exact) mass is 628 g/mol. The van der Waals surface area contributed by atoms with E-state index in [1.807, 2.05) is 30.3 Å². The first-order valence-corrected chi connectivity index (χ1v) is 16.9. The minimum Gasteiger partial charge on any atom is -0.466 e. The summed E-state index contributed by atoms with van der Waals surface area (Å²) in [7, 11) is 0. The van der Waals surface area contributed by atoms with Gasteiger partial charge in [0.15, 0.2) is 0 Å². The van der Waals surface area contributed by atoms with Gasteiger partial charge in [0.05, 0.1) is 24.7 Å². The maximum absolute atomic E-state index is 13.3. The van der Waals surface area contributed by atoms with Crippen LogP contribution >= 0.6 is 0 Å². The molecule has 45 heavy (non-hydrogen) atoms. The van der Waals surface area contributed by atoms with Crippen molar-refractivity contribution in [3.63, 3.8) is 0 Å². The average Bonchev–Trinajstić information content (AvgIpc) is 3.90. The van der Waals surface area contributed by atoms with Crippen LogP contribution in [-0.4, -0.2) is 89.5 Å². The SMILES string of the molecule is CCOC(=O)C1CCN(C(=O)N[C@@H](Cc2ccccc2)C(=O)NCCC(=O)N[C@@H](CC2CCCCC2)[C@@H](O)[C@@H](O)C2CC2)CC1. The van der Waals surface area contributed by atoms with E-state index in [-0.39, 0.29) is 49.1 Å². The number of piperidine rings is 1. The zero-order chi connectivity index (χ0) is 32.2. The fraction of sp³-hybridized carbons (Fsp3) is 0.706. The molecule has 3 aliphatic rings. The molecule has 4 amide bonds. The maximum atomic E-state index is 13.3. The van der Waals surface area contributed by atoms with Gasteiger partial charge in [0.1, 0.15) is 12.1 Å². The van der Waals surface area contributed by atoms with Gasteiger partial charge in [0.25, 0.3) is 0 Å². The second-order valence-electron chi connectivity index (χ2n) is 13.0. The molecule has 5 N–H and O–H groups in total. The normalized spacial score (nSPS) is 20.4. The first-order valence-electron chi connectivity index (χ1n) is 16.9. The van der Waals surface area contributed by atoms with Gasteiger partial charge >= 0.3 is 12.0 Å². The minimum absolute atomic E-state index is 0.00648. The van der Waals surface area contributed by atoms with Gasteiger partial charge in [0.2, 0.25) is 11.8 Å². The Kier molecular flexibility index (Phi) is 13.5. The number of aliphatic hydroxyl groups excluding tert-OH is 2. The van der Waals surface area contributed by atoms with Crippen molar-refractivity contribution >= 4 is 23.8 Å². The highest BCUT2D eigenvalue weighted by Crippen LogP contribution is 2.36. The maximum Gasteiger partial charge on any atom is 0.318 e. The van der Waals surface area contributed by atoms with E-state index in [2.05, 4.69) is 16.0 Å². The number of likely N-dealkylation sites (tertiary alicyclic amines) is 1. The molecule has 250 valence electrons. The third-order valence-corrected chi connectivity index (χ3v) is 9.48. The molecule has 0 spiro atoms. The van der Waals surface area contributed by atoms with Gasteiger partial charge in [-0.2, -0.15) is 0 Å². The van der Waals surface area contributed by atoms with Crippen LogP contribution in [0.4, 0.5) is 4.79 Å². The number of carbonyl (C=O) groups is 4. The lowest BCUT2D eigenvalue weighted by Crippen LogP contribution is -2.54. The van der Waals surface area contributed by atoms with Gasteiger partial charge in [-0.3, -0.25) is 14.4 Å². The largest absolute Gasteiger partial charge is 0.466 e. The van der Waals surface area contributed by atoms with E-state index in [0.29, 0.717) is 44.9 Å². The summed E-state index contributed by atoms with van der Waals surface area (Å²) in [4.78, 5) is 53.2. The summed E-state index contributed by atoms with van der Waals surface area (Å²) in [6, 6.07) is 7.62. The van der Waals surface area contributed by atoms with Gasteiger partial charge in [0, 0.05) is 32.5 Å². The van der Waals surface area contributed by atoms with Crippen molar-refractivity contribution in [3.05, 3.63) is 35.9 Å². The second kappa shape index (κ2) is 17.5. The van der Waals surface area contributed by atoms with Crippen molar-refractivity contribution < 1.29 is 34.1 Å². The summed E-state index contributed by atoms with van der Waals surface area (Å²) in [5, 5.41) is 30.2. The van der Waals surface area contributed by atoms with E-state index >= 15 is 0 Å². The lowest BCUT2D eigenvalue weighted by atomic mass is 9.82. The van der Waals surface area contributed by atoms with E-state index in [1.165, 1.54) is 6.42 Å². The van der Waals surface area contributed by atoms with Crippen LogP contribution in [0.15, 0.2) is 30.3 Å². The zero-order valence-electron chi connectivity index (χ0n) is 26.6. The number of amides is 4. The van der Waals surface area contributed by atoms with Crippen molar-refractivity contribution in [1.82, 2.24) is 20.9 Å². The van der Waals surface area contributed by atoms with Crippen LogP contribution in [-0.2, 0) is 25.5 Å². The number of esters is 1. The number of ether oxygens (including phenoxy) is 1. The fourth-order valence-corrected chi connectivity index (χ4v) is 6.60. The van der Waals surface area contributed by atoms with Crippen molar-refractivity contribution in [2.75, 3.05) is 26.2 Å². The predicted molar refractivity (Wildman–Crippen MR) is 169 cm³/mol. The summed E-state index contributed by atoms with van der Waals surface area (Å²) in [5.41, 5.74) is 0.880. The summed E-state index contributed by atoms with van der Waals surface area (Å²) in [6.07, 6.45) is 7.45. The van der Waals surface area contributed by atoms with Crippen LogP contribution in [0.5, 0.6) is 0 Å². The Morgan fingerprint density at radius 3 is 2.27 bits per heavy atom. The van der Waals surface area contributed by atoms with Crippen LogP contribution in [0.2, 0.25) is 0 Å². The van der Waals surface area contributed by atoms with Gasteiger partial charge in [-0.05, 0) is 56.4 Å². The van der Waals surface area contributed by atoms with Gasteiger partial charge in [-0.1, -0.05) is 62.4 Å². The van der Waals surface area contributed by atoms with Gasteiger partial charge in [-0.25, -0.2) is 4.79 Å². The Labute approximate surface area is 266 Å². The Morgan fingerprint density at radius 2 is 1.62 bits per heavy atom. The van der Waals surface area contributed by atoms with E-state index in [9.17, 15) is 29.4 Å². The molecular formula is C34H52N4O7. The quantitative estimate of drug-likeness (QED) is 0.187. The third kappa shape index (κ3) is 11.0. The molecule has 1 saturated heterocycles. The molecule has 3 fully saturated rings. The molecule has 0 unspecified atom stereocenters. The molecule has 4 atom stereocenters. The third-order valence-electron chi connectivity index (χ3n) is 9.48. The first kappa shape index (κ1) is 34.7. The molecule has 2 aliphatic carbocycles. The van der Waals surface area contributed by atoms with E-state index in [0.717, 1.165) is 44.1 Å². The summed E-state index contributed by atoms with van der Waals surface area (Å²) >= 11 is 0. The van der Waals surface area contributed by atoms with Crippen LogP contribution in [0.25, 0.3) is 0 Å². The zero-order valence-corrected chi connectivity index (χ0v) is 26.6. The van der Waals surface area contributed by atoms with Crippen LogP contribution < -0.4 is 16.0 Å². The van der Waals surface area contributed by atoms with E-state index in [4.69, 9.17) is 4.74 Å². The highest BCUT2D eigenvalue weighted by molar-refractivity contribution is 5.88. The minimum atomic E-state index is -1.02. The predicted octanol–water partition coefficient (Wildman–Crippen LogP) is 2.68. The lowest BCUT2D eigenvalue weighted by Gasteiger charge is -2.32. The molecule has 11 nitrogen and oxygen atoms in total. The molecule has 0 radical (unpaired) electrons. The molecule has 1 aromatic carbocycles. The van der Waals surface area contributed by atoms with Crippen LogP contribution in [0, 0.1) is 17.8 Å². The fourth-order valence-electron chi connectivity index (χ4n) is 6.60. The van der Waals surface area contributed by atoms with Crippen molar-refractivity contribution in [2.45, 2.75) is 108 Å². The number of benzene rings is 1. The first-order chi connectivity index (χ1) is 21.7. The molecule has 1 heterocycles. The molecule has 0 aromatic heterocycles. The van der Waals surface area contributed by atoms with Crippen molar-refractivity contribution in [1.29, 1.82) is 0 Å².